The van der Waals surface area contributed by atoms with E-state index in [0.717, 1.165) is 11.3 Å². The second-order valence-electron chi connectivity index (χ2n) is 4.04. The molecule has 0 bridgehead atoms. The summed E-state index contributed by atoms with van der Waals surface area (Å²) in [5, 5.41) is 9.62. The van der Waals surface area contributed by atoms with Crippen LogP contribution < -0.4 is 0 Å². The summed E-state index contributed by atoms with van der Waals surface area (Å²) in [5.74, 6) is 0.251. The molecule has 0 aromatic heterocycles. The molecule has 0 aliphatic rings. The average molecular weight is 232 g/mol. The Balaban J connectivity index is 0.00000162. The van der Waals surface area contributed by atoms with Gasteiger partial charge in [0.1, 0.15) is 5.75 Å². The first-order valence-electron chi connectivity index (χ1n) is 5.57. The maximum atomic E-state index is 9.62. The summed E-state index contributed by atoms with van der Waals surface area (Å²) in [6.45, 7) is 4.11. The number of phenolic OH excluding ortho intramolecular Hbond substituents is 1. The first kappa shape index (κ1) is 14.6. The van der Waals surface area contributed by atoms with Crippen molar-refractivity contribution in [3.8, 4) is 5.75 Å². The fraction of sp³-hybridized carbons (Fsp3) is 0.133. The molecule has 0 unspecified atom stereocenters. The van der Waals surface area contributed by atoms with Crippen LogP contribution in [0.25, 0.3) is 0 Å². The number of aliphatic imine (C=N–C) groups is 1. The second-order valence-corrected chi connectivity index (χ2v) is 4.04. The van der Waals surface area contributed by atoms with Crippen LogP contribution >= 0.6 is 0 Å². The normalized spacial score (nSPS) is 10.3. The molecule has 2 aromatic carbocycles. The molecule has 2 nitrogen and oxygen atoms in total. The van der Waals surface area contributed by atoms with Crippen LogP contribution in [0.3, 0.4) is 0 Å². The van der Waals surface area contributed by atoms with Gasteiger partial charge < -0.3 is 5.11 Å². The van der Waals surface area contributed by atoms with E-state index in [4.69, 9.17) is 0 Å². The molecule has 0 aliphatic carbocycles. The molecule has 2 aromatic rings. The number of rotatable bonds is 2. The number of phenols is 1. The molecular weight excluding hydrogens is 217 g/mol. The van der Waals surface area contributed by atoms with Gasteiger partial charge in [-0.1, -0.05) is 24.3 Å². The van der Waals surface area contributed by atoms with Crippen molar-refractivity contribution in [1.29, 1.82) is 0 Å². The predicted octanol–water partition coefficient (Wildman–Crippen LogP) is 3.38. The molecule has 0 atom stereocenters. The van der Waals surface area contributed by atoms with Crippen molar-refractivity contribution in [3.63, 3.8) is 0 Å². The SMILES string of the molecule is Cc1cccc(N=Cc2ccccc2O)c1C.[Li]. The van der Waals surface area contributed by atoms with Gasteiger partial charge in [0.05, 0.1) is 5.69 Å². The molecule has 1 N–H and O–H groups in total. The van der Waals surface area contributed by atoms with Crippen LogP contribution in [0.4, 0.5) is 5.69 Å². The van der Waals surface area contributed by atoms with Crippen molar-refractivity contribution in [2.24, 2.45) is 4.99 Å². The van der Waals surface area contributed by atoms with E-state index in [0.29, 0.717) is 0 Å². The monoisotopic (exact) mass is 232 g/mol. The Labute approximate surface area is 120 Å². The van der Waals surface area contributed by atoms with Gasteiger partial charge in [-0.05, 0) is 43.2 Å². The summed E-state index contributed by atoms with van der Waals surface area (Å²) in [6.07, 6.45) is 1.69. The zero-order valence-electron chi connectivity index (χ0n) is 11.0. The second kappa shape index (κ2) is 6.44. The summed E-state index contributed by atoms with van der Waals surface area (Å²) in [4.78, 5) is 4.41. The van der Waals surface area contributed by atoms with Crippen LogP contribution in [0.1, 0.15) is 16.7 Å². The summed E-state index contributed by atoms with van der Waals surface area (Å²) in [7, 11) is 0. The average Bonchev–Trinajstić information content (AvgIpc) is 2.33. The van der Waals surface area contributed by atoms with Crippen LogP contribution in [0, 0.1) is 13.8 Å². The molecule has 87 valence electrons. The first-order chi connectivity index (χ1) is 8.18. The van der Waals surface area contributed by atoms with Crippen molar-refractivity contribution in [2.75, 3.05) is 0 Å². The Morgan fingerprint density at radius 3 is 2.44 bits per heavy atom. The molecule has 0 saturated carbocycles. The van der Waals surface area contributed by atoms with E-state index in [1.165, 1.54) is 11.1 Å². The summed E-state index contributed by atoms with van der Waals surface area (Å²) in [6, 6.07) is 13.2. The quantitative estimate of drug-likeness (QED) is 0.624. The van der Waals surface area contributed by atoms with Crippen molar-refractivity contribution in [3.05, 3.63) is 59.2 Å². The van der Waals surface area contributed by atoms with Crippen molar-refractivity contribution in [2.45, 2.75) is 13.8 Å². The number of aromatic hydroxyl groups is 1. The number of hydrogen-bond acceptors (Lipinski definition) is 2. The number of para-hydroxylation sites is 1. The van der Waals surface area contributed by atoms with Gasteiger partial charge in [0.25, 0.3) is 0 Å². The van der Waals surface area contributed by atoms with Crippen LogP contribution in [0.5, 0.6) is 5.75 Å². The van der Waals surface area contributed by atoms with Gasteiger partial charge in [-0.3, -0.25) is 4.99 Å². The van der Waals surface area contributed by atoms with E-state index in [1.54, 1.807) is 18.3 Å². The van der Waals surface area contributed by atoms with Crippen LogP contribution in [-0.4, -0.2) is 30.2 Å². The molecule has 0 aliphatic heterocycles. The van der Waals surface area contributed by atoms with Gasteiger partial charge in [0.15, 0.2) is 0 Å². The third-order valence-corrected chi connectivity index (χ3v) is 2.86. The van der Waals surface area contributed by atoms with E-state index in [2.05, 4.69) is 18.0 Å². The molecule has 3 heteroatoms. The predicted molar refractivity (Wildman–Crippen MR) is 77.0 cm³/mol. The minimum absolute atomic E-state index is 0. The van der Waals surface area contributed by atoms with E-state index < -0.39 is 0 Å². The van der Waals surface area contributed by atoms with Gasteiger partial charge in [0, 0.05) is 30.6 Å². The number of hydrogen-bond donors (Lipinski definition) is 1. The minimum atomic E-state index is 0. The molecule has 0 spiro atoms. The summed E-state index contributed by atoms with van der Waals surface area (Å²) >= 11 is 0. The van der Waals surface area contributed by atoms with Gasteiger partial charge in [-0.2, -0.15) is 0 Å². The van der Waals surface area contributed by atoms with Crippen molar-refractivity contribution >= 4 is 30.8 Å². The van der Waals surface area contributed by atoms with Gasteiger partial charge >= 0.3 is 0 Å². The third kappa shape index (κ3) is 3.26. The maximum Gasteiger partial charge on any atom is 0.124 e. The molecule has 0 amide bonds. The number of benzene rings is 2. The first-order valence-corrected chi connectivity index (χ1v) is 5.57. The molecular formula is C15H15LiNO. The Morgan fingerprint density at radius 1 is 1.00 bits per heavy atom. The van der Waals surface area contributed by atoms with Gasteiger partial charge in [-0.25, -0.2) is 0 Å². The minimum Gasteiger partial charge on any atom is -0.507 e. The standard InChI is InChI=1S/C15H15NO.Li/c1-11-6-5-8-14(12(11)2)16-10-13-7-3-4-9-15(13)17;/h3-10,17H,1-2H3;. The smallest absolute Gasteiger partial charge is 0.124 e. The van der Waals surface area contributed by atoms with E-state index >= 15 is 0 Å². The number of aryl methyl sites for hydroxylation is 1. The number of nitrogens with zero attached hydrogens (tertiary/aromatic N) is 1. The molecule has 0 saturated heterocycles. The molecule has 2 rings (SSSR count). The van der Waals surface area contributed by atoms with E-state index in [9.17, 15) is 5.11 Å². The Morgan fingerprint density at radius 2 is 1.72 bits per heavy atom. The molecule has 18 heavy (non-hydrogen) atoms. The Hall–Kier alpha value is -1.49. The Kier molecular flexibility index (Phi) is 5.21. The van der Waals surface area contributed by atoms with Crippen LogP contribution in [0.15, 0.2) is 47.5 Å². The topological polar surface area (TPSA) is 32.6 Å². The molecule has 0 fully saturated rings. The summed E-state index contributed by atoms with van der Waals surface area (Å²) < 4.78 is 0. The van der Waals surface area contributed by atoms with E-state index in [-0.39, 0.29) is 24.6 Å². The maximum absolute atomic E-state index is 9.62. The van der Waals surface area contributed by atoms with Crippen LogP contribution in [-0.2, 0) is 0 Å². The van der Waals surface area contributed by atoms with E-state index in [1.807, 2.05) is 31.2 Å². The largest absolute Gasteiger partial charge is 0.507 e. The molecule has 0 heterocycles. The van der Waals surface area contributed by atoms with Crippen molar-refractivity contribution < 1.29 is 5.11 Å². The zero-order valence-corrected chi connectivity index (χ0v) is 11.0. The van der Waals surface area contributed by atoms with Crippen LogP contribution in [0.2, 0.25) is 0 Å². The fourth-order valence-electron chi connectivity index (χ4n) is 1.61. The summed E-state index contributed by atoms with van der Waals surface area (Å²) in [5.41, 5.74) is 4.05. The Bertz CT molecular complexity index is 564. The van der Waals surface area contributed by atoms with Crippen molar-refractivity contribution in [1.82, 2.24) is 0 Å². The van der Waals surface area contributed by atoms with Gasteiger partial charge in [-0.15, -0.1) is 0 Å². The third-order valence-electron chi connectivity index (χ3n) is 2.86. The van der Waals surface area contributed by atoms with Gasteiger partial charge in [0.2, 0.25) is 0 Å². The zero-order chi connectivity index (χ0) is 12.3. The molecule has 1 radical (unpaired) electrons. The fourth-order valence-corrected chi connectivity index (χ4v) is 1.61.